The number of hydrogen-bond donors (Lipinski definition) is 3. The second-order valence-corrected chi connectivity index (χ2v) is 3.71. The summed E-state index contributed by atoms with van der Waals surface area (Å²) in [6, 6.07) is 0.398. The number of H-pyrrole nitrogens is 1. The molecule has 1 aromatic heterocycles. The predicted molar refractivity (Wildman–Crippen MR) is 54.4 cm³/mol. The van der Waals surface area contributed by atoms with Crippen LogP contribution in [0.3, 0.4) is 0 Å². The largest absolute Gasteiger partial charge is 0.349 e. The summed E-state index contributed by atoms with van der Waals surface area (Å²) < 4.78 is 0. The van der Waals surface area contributed by atoms with Crippen LogP contribution in [0.4, 0.5) is 0 Å². The van der Waals surface area contributed by atoms with Gasteiger partial charge in [0.05, 0.1) is 6.20 Å². The van der Waals surface area contributed by atoms with Crippen molar-refractivity contribution in [3.05, 3.63) is 11.9 Å². The molecular formula is C9H15N5O. The summed E-state index contributed by atoms with van der Waals surface area (Å²) in [5, 5.41) is 15.9. The molecule has 1 aliphatic heterocycles. The molecule has 1 aliphatic rings. The summed E-state index contributed by atoms with van der Waals surface area (Å²) in [5.41, 5.74) is 0.339. The fraction of sp³-hybridized carbons (Fsp3) is 0.667. The second kappa shape index (κ2) is 4.88. The van der Waals surface area contributed by atoms with E-state index in [4.69, 9.17) is 0 Å². The number of carbonyl (C=O) groups excluding carboxylic acids is 1. The van der Waals surface area contributed by atoms with Gasteiger partial charge in [-0.25, -0.2) is 0 Å². The Morgan fingerprint density at radius 1 is 1.60 bits per heavy atom. The molecule has 0 radical (unpaired) electrons. The van der Waals surface area contributed by atoms with E-state index in [0.717, 1.165) is 13.0 Å². The fourth-order valence-corrected chi connectivity index (χ4v) is 1.72. The molecule has 2 rings (SSSR count). The average molecular weight is 209 g/mol. The predicted octanol–water partition coefficient (Wildman–Crippen LogP) is -0.323. The highest BCUT2D eigenvalue weighted by atomic mass is 16.1. The molecule has 1 atom stereocenters. The molecule has 6 heteroatoms. The Bertz CT molecular complexity index is 304. The van der Waals surface area contributed by atoms with Crippen LogP contribution in [0.1, 0.15) is 29.8 Å². The van der Waals surface area contributed by atoms with Crippen LogP contribution in [-0.4, -0.2) is 40.4 Å². The van der Waals surface area contributed by atoms with Crippen molar-refractivity contribution in [1.82, 2.24) is 26.0 Å². The average Bonchev–Trinajstić information content (AvgIpc) is 2.81. The SMILES string of the molecule is O=C(NCC1CCCCN1)c1cn[nH]n1. The van der Waals surface area contributed by atoms with Crippen LogP contribution in [0.5, 0.6) is 0 Å². The van der Waals surface area contributed by atoms with Gasteiger partial charge in [0, 0.05) is 12.6 Å². The number of aromatic amines is 1. The third-order valence-corrected chi connectivity index (χ3v) is 2.57. The maximum Gasteiger partial charge on any atom is 0.273 e. The van der Waals surface area contributed by atoms with E-state index in [-0.39, 0.29) is 5.91 Å². The standard InChI is InChI=1S/C9H15N5O/c15-9(8-6-12-14-13-8)11-5-7-3-1-2-4-10-7/h6-7,10H,1-5H2,(H,11,15)(H,12,13,14). The monoisotopic (exact) mass is 209 g/mol. The van der Waals surface area contributed by atoms with Gasteiger partial charge in [-0.15, -0.1) is 0 Å². The lowest BCUT2D eigenvalue weighted by atomic mass is 10.1. The molecule has 82 valence electrons. The van der Waals surface area contributed by atoms with E-state index in [1.165, 1.54) is 19.0 Å². The Kier molecular flexibility index (Phi) is 3.29. The van der Waals surface area contributed by atoms with Crippen LogP contribution in [0.15, 0.2) is 6.20 Å². The van der Waals surface area contributed by atoms with E-state index in [0.29, 0.717) is 18.3 Å². The van der Waals surface area contributed by atoms with Crippen LogP contribution in [-0.2, 0) is 0 Å². The zero-order valence-corrected chi connectivity index (χ0v) is 8.49. The van der Waals surface area contributed by atoms with Crippen LogP contribution >= 0.6 is 0 Å². The van der Waals surface area contributed by atoms with Gasteiger partial charge in [-0.3, -0.25) is 4.79 Å². The van der Waals surface area contributed by atoms with E-state index in [1.807, 2.05) is 0 Å². The number of amides is 1. The molecule has 3 N–H and O–H groups in total. The van der Waals surface area contributed by atoms with E-state index in [9.17, 15) is 4.79 Å². The van der Waals surface area contributed by atoms with Crippen molar-refractivity contribution in [1.29, 1.82) is 0 Å². The Hall–Kier alpha value is -1.43. The quantitative estimate of drug-likeness (QED) is 0.637. The second-order valence-electron chi connectivity index (χ2n) is 3.71. The maximum absolute atomic E-state index is 11.5. The minimum Gasteiger partial charge on any atom is -0.349 e. The van der Waals surface area contributed by atoms with Gasteiger partial charge in [0.2, 0.25) is 0 Å². The number of carbonyl (C=O) groups is 1. The van der Waals surface area contributed by atoms with Gasteiger partial charge in [0.1, 0.15) is 0 Å². The lowest BCUT2D eigenvalue weighted by Gasteiger charge is -2.23. The lowest BCUT2D eigenvalue weighted by molar-refractivity contribution is 0.0942. The van der Waals surface area contributed by atoms with Gasteiger partial charge >= 0.3 is 0 Å². The molecule has 0 aliphatic carbocycles. The van der Waals surface area contributed by atoms with E-state index in [2.05, 4.69) is 26.0 Å². The minimum absolute atomic E-state index is 0.170. The first-order valence-corrected chi connectivity index (χ1v) is 5.23. The lowest BCUT2D eigenvalue weighted by Crippen LogP contribution is -2.43. The highest BCUT2D eigenvalue weighted by molar-refractivity contribution is 5.91. The first-order valence-electron chi connectivity index (χ1n) is 5.23. The summed E-state index contributed by atoms with van der Waals surface area (Å²) in [7, 11) is 0. The molecule has 0 saturated carbocycles. The number of nitrogens with one attached hydrogen (secondary N) is 3. The molecule has 1 amide bonds. The number of aromatic nitrogens is 3. The molecule has 0 bridgehead atoms. The zero-order valence-electron chi connectivity index (χ0n) is 8.49. The Labute approximate surface area is 87.8 Å². The zero-order chi connectivity index (χ0) is 10.5. The van der Waals surface area contributed by atoms with Gasteiger partial charge in [-0.1, -0.05) is 6.42 Å². The number of piperidine rings is 1. The Morgan fingerprint density at radius 3 is 3.20 bits per heavy atom. The van der Waals surface area contributed by atoms with E-state index < -0.39 is 0 Å². The highest BCUT2D eigenvalue weighted by Gasteiger charge is 2.14. The molecule has 15 heavy (non-hydrogen) atoms. The first kappa shape index (κ1) is 10.1. The van der Waals surface area contributed by atoms with Crippen LogP contribution in [0.2, 0.25) is 0 Å². The van der Waals surface area contributed by atoms with Crippen molar-refractivity contribution >= 4 is 5.91 Å². The summed E-state index contributed by atoms with van der Waals surface area (Å²) in [6.07, 6.45) is 5.01. The summed E-state index contributed by atoms with van der Waals surface area (Å²) >= 11 is 0. The Balaban J connectivity index is 1.75. The third-order valence-electron chi connectivity index (χ3n) is 2.57. The third kappa shape index (κ3) is 2.76. The van der Waals surface area contributed by atoms with Gasteiger partial charge in [-0.05, 0) is 19.4 Å². The molecule has 1 fully saturated rings. The summed E-state index contributed by atoms with van der Waals surface area (Å²) in [6.45, 7) is 1.70. The number of nitrogens with zero attached hydrogens (tertiary/aromatic N) is 2. The smallest absolute Gasteiger partial charge is 0.273 e. The van der Waals surface area contributed by atoms with Crippen LogP contribution in [0, 0.1) is 0 Å². The van der Waals surface area contributed by atoms with E-state index in [1.54, 1.807) is 0 Å². The van der Waals surface area contributed by atoms with Crippen molar-refractivity contribution in [2.24, 2.45) is 0 Å². The van der Waals surface area contributed by atoms with Crippen LogP contribution < -0.4 is 10.6 Å². The molecule has 1 saturated heterocycles. The molecule has 1 unspecified atom stereocenters. The topological polar surface area (TPSA) is 82.7 Å². The van der Waals surface area contributed by atoms with Crippen molar-refractivity contribution in [3.8, 4) is 0 Å². The first-order chi connectivity index (χ1) is 7.36. The summed E-state index contributed by atoms with van der Waals surface area (Å²) in [4.78, 5) is 11.5. The Morgan fingerprint density at radius 2 is 2.53 bits per heavy atom. The van der Waals surface area contributed by atoms with Crippen molar-refractivity contribution in [3.63, 3.8) is 0 Å². The van der Waals surface area contributed by atoms with Crippen LogP contribution in [0.25, 0.3) is 0 Å². The fourth-order valence-electron chi connectivity index (χ4n) is 1.72. The van der Waals surface area contributed by atoms with Crippen molar-refractivity contribution in [2.75, 3.05) is 13.1 Å². The summed E-state index contributed by atoms with van der Waals surface area (Å²) in [5.74, 6) is -0.170. The molecule has 6 nitrogen and oxygen atoms in total. The molecule has 1 aromatic rings. The van der Waals surface area contributed by atoms with Crippen molar-refractivity contribution in [2.45, 2.75) is 25.3 Å². The maximum atomic E-state index is 11.5. The van der Waals surface area contributed by atoms with Crippen molar-refractivity contribution < 1.29 is 4.79 Å². The molecular weight excluding hydrogens is 194 g/mol. The van der Waals surface area contributed by atoms with Gasteiger partial charge < -0.3 is 10.6 Å². The number of hydrogen-bond acceptors (Lipinski definition) is 4. The van der Waals surface area contributed by atoms with Gasteiger partial charge in [0.25, 0.3) is 5.91 Å². The minimum atomic E-state index is -0.170. The van der Waals surface area contributed by atoms with Gasteiger partial charge in [-0.2, -0.15) is 15.4 Å². The van der Waals surface area contributed by atoms with Gasteiger partial charge in [0.15, 0.2) is 5.69 Å². The van der Waals surface area contributed by atoms with E-state index >= 15 is 0 Å². The number of rotatable bonds is 3. The normalized spacial score (nSPS) is 21.2. The molecule has 2 heterocycles. The highest BCUT2D eigenvalue weighted by Crippen LogP contribution is 2.05. The molecule has 0 aromatic carbocycles. The molecule has 0 spiro atoms.